The van der Waals surface area contributed by atoms with Gasteiger partial charge in [0.1, 0.15) is 0 Å². The summed E-state index contributed by atoms with van der Waals surface area (Å²) in [7, 11) is 0. The largest absolute Gasteiger partial charge is 0.351 e. The predicted molar refractivity (Wildman–Crippen MR) is 90.4 cm³/mol. The van der Waals surface area contributed by atoms with E-state index in [0.29, 0.717) is 23.7 Å². The molecule has 1 heterocycles. The van der Waals surface area contributed by atoms with Crippen LogP contribution in [-0.2, 0) is 6.42 Å². The fourth-order valence-electron chi connectivity index (χ4n) is 2.20. The molecule has 4 nitrogen and oxygen atoms in total. The number of nitrogens with zero attached hydrogens (tertiary/aromatic N) is 2. The van der Waals surface area contributed by atoms with Crippen molar-refractivity contribution in [3.8, 4) is 0 Å². The van der Waals surface area contributed by atoms with Crippen LogP contribution < -0.4 is 5.32 Å². The first-order chi connectivity index (χ1) is 10.7. The number of aryl methyl sites for hydroxylation is 1. The highest BCUT2D eigenvalue weighted by Gasteiger charge is 2.14. The first-order valence-corrected chi connectivity index (χ1v) is 8.61. The highest BCUT2D eigenvalue weighted by Crippen LogP contribution is 2.15. The van der Waals surface area contributed by atoms with Gasteiger partial charge in [-0.3, -0.25) is 4.79 Å². The van der Waals surface area contributed by atoms with Crippen LogP contribution in [0, 0.1) is 0 Å². The van der Waals surface area contributed by atoms with Gasteiger partial charge < -0.3 is 5.32 Å². The summed E-state index contributed by atoms with van der Waals surface area (Å²) >= 11 is 1.48. The highest BCUT2D eigenvalue weighted by atomic mass is 32.2. The summed E-state index contributed by atoms with van der Waals surface area (Å²) < 4.78 is 0. The molecule has 5 heteroatoms. The molecule has 2 rings (SSSR count). The molecule has 1 N–H and O–H groups in total. The Morgan fingerprint density at radius 1 is 1.32 bits per heavy atom. The number of nitrogens with one attached hydrogen (secondary N) is 1. The monoisotopic (exact) mass is 315 g/mol. The lowest BCUT2D eigenvalue weighted by atomic mass is 10.0. The van der Waals surface area contributed by atoms with Crippen LogP contribution in [0.4, 0.5) is 0 Å². The lowest BCUT2D eigenvalue weighted by molar-refractivity contribution is 0.0949. The van der Waals surface area contributed by atoms with E-state index in [-0.39, 0.29) is 11.8 Å². The van der Waals surface area contributed by atoms with Crippen molar-refractivity contribution in [2.45, 2.75) is 31.3 Å². The van der Waals surface area contributed by atoms with Gasteiger partial charge in [-0.05, 0) is 24.2 Å². The zero-order valence-electron chi connectivity index (χ0n) is 13.2. The second-order valence-corrected chi connectivity index (χ2v) is 5.87. The van der Waals surface area contributed by atoms with Crippen LogP contribution in [0.15, 0.2) is 41.7 Å². The van der Waals surface area contributed by atoms with E-state index in [9.17, 15) is 4.79 Å². The molecule has 0 aliphatic heterocycles. The number of hydrogen-bond donors (Lipinski definition) is 1. The van der Waals surface area contributed by atoms with Crippen molar-refractivity contribution in [2.75, 3.05) is 12.8 Å². The van der Waals surface area contributed by atoms with Crippen molar-refractivity contribution in [2.24, 2.45) is 0 Å². The molecule has 0 spiro atoms. The average Bonchev–Trinajstić information content (AvgIpc) is 2.59. The van der Waals surface area contributed by atoms with Gasteiger partial charge in [-0.1, -0.05) is 55.9 Å². The molecule has 0 aliphatic rings. The third-order valence-electron chi connectivity index (χ3n) is 3.55. The molecule has 0 aliphatic carbocycles. The van der Waals surface area contributed by atoms with Gasteiger partial charge in [0.25, 0.3) is 5.91 Å². The van der Waals surface area contributed by atoms with Gasteiger partial charge in [-0.25, -0.2) is 9.97 Å². The van der Waals surface area contributed by atoms with Crippen molar-refractivity contribution < 1.29 is 4.79 Å². The zero-order chi connectivity index (χ0) is 15.9. The van der Waals surface area contributed by atoms with Crippen LogP contribution >= 0.6 is 11.8 Å². The molecular formula is C17H21N3OS. The molecule has 0 saturated heterocycles. The summed E-state index contributed by atoms with van der Waals surface area (Å²) in [4.78, 5) is 21.0. The summed E-state index contributed by atoms with van der Waals surface area (Å²) in [6, 6.07) is 10.2. The van der Waals surface area contributed by atoms with E-state index in [2.05, 4.69) is 34.3 Å². The zero-order valence-corrected chi connectivity index (χ0v) is 14.0. The molecule has 2 aromatic rings. The van der Waals surface area contributed by atoms with Crippen LogP contribution in [0.25, 0.3) is 0 Å². The van der Waals surface area contributed by atoms with E-state index in [1.165, 1.54) is 17.3 Å². The third-order valence-corrected chi connectivity index (χ3v) is 4.11. The van der Waals surface area contributed by atoms with Crippen LogP contribution in [0.5, 0.6) is 0 Å². The van der Waals surface area contributed by atoms with E-state index in [1.54, 1.807) is 6.20 Å². The molecule has 0 saturated carbocycles. The maximum atomic E-state index is 12.4. The minimum atomic E-state index is -0.104. The molecule has 0 fully saturated rings. The van der Waals surface area contributed by atoms with Crippen molar-refractivity contribution in [3.05, 3.63) is 53.3 Å². The topological polar surface area (TPSA) is 54.9 Å². The molecule has 1 aromatic carbocycles. The fourth-order valence-corrected chi connectivity index (χ4v) is 2.56. The first kappa shape index (κ1) is 16.5. The number of carbonyl (C=O) groups excluding carboxylic acids is 1. The minimum Gasteiger partial charge on any atom is -0.351 e. The number of benzene rings is 1. The summed E-state index contributed by atoms with van der Waals surface area (Å²) in [5.41, 5.74) is 2.58. The summed E-state index contributed by atoms with van der Waals surface area (Å²) in [5, 5.41) is 3.68. The molecular weight excluding hydrogens is 294 g/mol. The Kier molecular flexibility index (Phi) is 5.95. The van der Waals surface area contributed by atoms with Crippen molar-refractivity contribution in [1.29, 1.82) is 0 Å². The van der Waals surface area contributed by atoms with Gasteiger partial charge >= 0.3 is 0 Å². The van der Waals surface area contributed by atoms with Crippen molar-refractivity contribution in [3.63, 3.8) is 0 Å². The molecule has 0 bridgehead atoms. The SMILES string of the molecule is CCc1nc(SC)ncc1C(=O)NCC(C)c1ccccc1. The molecule has 0 radical (unpaired) electrons. The smallest absolute Gasteiger partial charge is 0.254 e. The predicted octanol–water partition coefficient (Wildman–Crippen LogP) is 3.29. The Hall–Kier alpha value is -1.88. The maximum absolute atomic E-state index is 12.4. The minimum absolute atomic E-state index is 0.104. The summed E-state index contributed by atoms with van der Waals surface area (Å²) in [6.45, 7) is 4.69. The fraction of sp³-hybridized carbons (Fsp3) is 0.353. The molecule has 1 aromatic heterocycles. The Morgan fingerprint density at radius 3 is 2.68 bits per heavy atom. The number of carbonyl (C=O) groups is 1. The van der Waals surface area contributed by atoms with Gasteiger partial charge in [-0.15, -0.1) is 0 Å². The van der Waals surface area contributed by atoms with Crippen molar-refractivity contribution >= 4 is 17.7 Å². The third kappa shape index (κ3) is 4.07. The molecule has 1 unspecified atom stereocenters. The lowest BCUT2D eigenvalue weighted by Gasteiger charge is -2.14. The Balaban J connectivity index is 2.03. The number of thioether (sulfide) groups is 1. The number of aromatic nitrogens is 2. The Morgan fingerprint density at radius 2 is 2.05 bits per heavy atom. The Bertz CT molecular complexity index is 631. The normalized spacial score (nSPS) is 12.0. The van der Waals surface area contributed by atoms with E-state index >= 15 is 0 Å². The maximum Gasteiger partial charge on any atom is 0.254 e. The van der Waals surface area contributed by atoms with Crippen LogP contribution in [0.3, 0.4) is 0 Å². The standard InChI is InChI=1S/C17H21N3OS/c1-4-15-14(11-19-17(20-15)22-3)16(21)18-10-12(2)13-8-6-5-7-9-13/h5-9,11-12H,4,10H2,1-3H3,(H,18,21). The molecule has 1 atom stereocenters. The number of hydrogen-bond acceptors (Lipinski definition) is 4. The van der Waals surface area contributed by atoms with Gasteiger partial charge in [0.05, 0.1) is 11.3 Å². The summed E-state index contributed by atoms with van der Waals surface area (Å²) in [6.07, 6.45) is 4.27. The lowest BCUT2D eigenvalue weighted by Crippen LogP contribution is -2.28. The second kappa shape index (κ2) is 7.94. The van der Waals surface area contributed by atoms with Gasteiger partial charge in [0.15, 0.2) is 5.16 Å². The van der Waals surface area contributed by atoms with Gasteiger partial charge in [0.2, 0.25) is 0 Å². The second-order valence-electron chi connectivity index (χ2n) is 5.09. The summed E-state index contributed by atoms with van der Waals surface area (Å²) in [5.74, 6) is 0.161. The van der Waals surface area contributed by atoms with Crippen LogP contribution in [0.2, 0.25) is 0 Å². The Labute approximate surface area is 135 Å². The van der Waals surface area contributed by atoms with Crippen molar-refractivity contribution in [1.82, 2.24) is 15.3 Å². The van der Waals surface area contributed by atoms with Crippen LogP contribution in [-0.4, -0.2) is 28.7 Å². The highest BCUT2D eigenvalue weighted by molar-refractivity contribution is 7.98. The van der Waals surface area contributed by atoms with E-state index in [1.807, 2.05) is 31.4 Å². The van der Waals surface area contributed by atoms with Gasteiger partial charge in [0, 0.05) is 12.7 Å². The number of amides is 1. The van der Waals surface area contributed by atoms with E-state index < -0.39 is 0 Å². The first-order valence-electron chi connectivity index (χ1n) is 7.38. The quantitative estimate of drug-likeness (QED) is 0.656. The molecule has 116 valence electrons. The molecule has 1 amide bonds. The van der Waals surface area contributed by atoms with E-state index in [4.69, 9.17) is 0 Å². The van der Waals surface area contributed by atoms with E-state index in [0.717, 1.165) is 5.69 Å². The van der Waals surface area contributed by atoms with Crippen LogP contribution in [0.1, 0.15) is 41.4 Å². The average molecular weight is 315 g/mol. The van der Waals surface area contributed by atoms with Gasteiger partial charge in [-0.2, -0.15) is 0 Å². The number of rotatable bonds is 6. The molecule has 22 heavy (non-hydrogen) atoms.